The quantitative estimate of drug-likeness (QED) is 0.384. The number of fused-ring (bicyclic) bond motifs is 2. The maximum atomic E-state index is 4.81. The Morgan fingerprint density at radius 1 is 0.806 bits per heavy atom. The van der Waals surface area contributed by atoms with Crippen LogP contribution < -0.4 is 4.90 Å². The Bertz CT molecular complexity index is 1510. The van der Waals surface area contributed by atoms with Gasteiger partial charge in [0.25, 0.3) is 0 Å². The van der Waals surface area contributed by atoms with Crippen LogP contribution in [0, 0.1) is 0 Å². The van der Waals surface area contributed by atoms with Gasteiger partial charge in [-0.1, -0.05) is 51.1 Å². The normalized spacial score (nSPS) is 15.1. The van der Waals surface area contributed by atoms with Gasteiger partial charge in [0.05, 0.1) is 16.7 Å². The molecule has 6 rings (SSSR count). The summed E-state index contributed by atoms with van der Waals surface area (Å²) < 4.78 is 0. The first-order valence-corrected chi connectivity index (χ1v) is 12.6. The molecule has 0 amide bonds. The number of anilines is 1. The molecule has 1 fully saturated rings. The third-order valence-corrected chi connectivity index (χ3v) is 7.05. The number of nitrogens with zero attached hydrogens (tertiary/aromatic N) is 6. The fourth-order valence-corrected chi connectivity index (χ4v) is 4.94. The number of nitrogens with one attached hydrogen (secondary N) is 1. The lowest BCUT2D eigenvalue weighted by molar-refractivity contribution is 0.250. The molecule has 2 aromatic carbocycles. The Balaban J connectivity index is 1.17. The molecule has 36 heavy (non-hydrogen) atoms. The third kappa shape index (κ3) is 4.42. The number of aromatic nitrogens is 5. The van der Waals surface area contributed by atoms with Gasteiger partial charge in [-0.15, -0.1) is 0 Å². The zero-order chi connectivity index (χ0) is 24.7. The average molecular weight is 478 g/mol. The second-order valence-corrected chi connectivity index (χ2v) is 10.6. The highest BCUT2D eigenvalue weighted by Gasteiger charge is 2.21. The molecule has 182 valence electrons. The molecule has 4 heterocycles. The van der Waals surface area contributed by atoms with E-state index in [9.17, 15) is 0 Å². The fourth-order valence-electron chi connectivity index (χ4n) is 4.94. The molecule has 1 aliphatic heterocycles. The van der Waals surface area contributed by atoms with Gasteiger partial charge in [0.2, 0.25) is 0 Å². The Kier molecular flexibility index (Phi) is 5.64. The van der Waals surface area contributed by atoms with Gasteiger partial charge in [0, 0.05) is 56.9 Å². The molecule has 0 bridgehead atoms. The minimum atomic E-state index is 0.131. The summed E-state index contributed by atoms with van der Waals surface area (Å²) in [6.07, 6.45) is 5.36. The van der Waals surface area contributed by atoms with Crippen LogP contribution in [0.5, 0.6) is 0 Å². The van der Waals surface area contributed by atoms with E-state index < -0.39 is 0 Å². The third-order valence-electron chi connectivity index (χ3n) is 7.05. The first-order chi connectivity index (χ1) is 17.4. The zero-order valence-electron chi connectivity index (χ0n) is 21.1. The van der Waals surface area contributed by atoms with Gasteiger partial charge < -0.3 is 9.88 Å². The molecule has 7 nitrogen and oxygen atoms in total. The highest BCUT2D eigenvalue weighted by molar-refractivity contribution is 5.88. The fraction of sp³-hybridized carbons (Fsp3) is 0.310. The van der Waals surface area contributed by atoms with Crippen LogP contribution in [-0.4, -0.2) is 56.0 Å². The van der Waals surface area contributed by atoms with Gasteiger partial charge in [-0.25, -0.2) is 9.97 Å². The topological polar surface area (TPSA) is 73.8 Å². The molecule has 0 spiro atoms. The predicted molar refractivity (Wildman–Crippen MR) is 145 cm³/mol. The average Bonchev–Trinajstić information content (AvgIpc) is 3.33. The van der Waals surface area contributed by atoms with Crippen LogP contribution in [0.1, 0.15) is 31.9 Å². The van der Waals surface area contributed by atoms with Crippen LogP contribution in [0.4, 0.5) is 5.69 Å². The molecule has 1 saturated heterocycles. The number of rotatable bonds is 4. The standard InChI is InChI=1S/C29H31N7/c1-29(2,3)22-7-5-21(6-8-22)27-33-26-25(10-11-32-28(26)34-27)36-16-14-35(15-17-36)19-20-4-9-23-24(18-20)31-13-12-30-23/h4-13,18H,14-17,19H2,1-3H3,(H,32,33,34). The van der Waals surface area contributed by atoms with Crippen molar-refractivity contribution < 1.29 is 0 Å². The van der Waals surface area contributed by atoms with Crippen LogP contribution in [0.2, 0.25) is 0 Å². The van der Waals surface area contributed by atoms with E-state index in [-0.39, 0.29) is 5.41 Å². The van der Waals surface area contributed by atoms with E-state index in [4.69, 9.17) is 4.98 Å². The molecule has 3 aromatic heterocycles. The van der Waals surface area contributed by atoms with Crippen molar-refractivity contribution in [3.8, 4) is 11.4 Å². The van der Waals surface area contributed by atoms with Gasteiger partial charge >= 0.3 is 0 Å². The van der Waals surface area contributed by atoms with Crippen molar-refractivity contribution in [3.05, 3.63) is 78.2 Å². The van der Waals surface area contributed by atoms with Crippen LogP contribution in [0.25, 0.3) is 33.6 Å². The molecular weight excluding hydrogens is 446 g/mol. The summed E-state index contributed by atoms with van der Waals surface area (Å²) >= 11 is 0. The molecule has 0 aliphatic carbocycles. The monoisotopic (exact) mass is 477 g/mol. The number of pyridine rings is 1. The molecule has 0 atom stereocenters. The van der Waals surface area contributed by atoms with Gasteiger partial charge in [0.15, 0.2) is 5.65 Å². The minimum absolute atomic E-state index is 0.131. The van der Waals surface area contributed by atoms with Gasteiger partial charge in [0.1, 0.15) is 11.3 Å². The van der Waals surface area contributed by atoms with Gasteiger partial charge in [-0.05, 0) is 34.7 Å². The second kappa shape index (κ2) is 8.99. The van der Waals surface area contributed by atoms with E-state index in [0.29, 0.717) is 0 Å². The Labute approximate surface area is 211 Å². The molecule has 0 radical (unpaired) electrons. The predicted octanol–water partition coefficient (Wildman–Crippen LogP) is 5.19. The van der Waals surface area contributed by atoms with E-state index in [1.54, 1.807) is 12.4 Å². The number of benzene rings is 2. The van der Waals surface area contributed by atoms with Crippen LogP contribution in [0.15, 0.2) is 67.1 Å². The van der Waals surface area contributed by atoms with Crippen molar-refractivity contribution in [1.29, 1.82) is 0 Å². The smallest absolute Gasteiger partial charge is 0.180 e. The van der Waals surface area contributed by atoms with Crippen molar-refractivity contribution in [1.82, 2.24) is 29.8 Å². The van der Waals surface area contributed by atoms with Crippen molar-refractivity contribution in [2.75, 3.05) is 31.1 Å². The summed E-state index contributed by atoms with van der Waals surface area (Å²) in [7, 11) is 0. The molecule has 5 aromatic rings. The zero-order valence-corrected chi connectivity index (χ0v) is 21.1. The Morgan fingerprint density at radius 2 is 1.56 bits per heavy atom. The SMILES string of the molecule is CC(C)(C)c1ccc(-c2nc3nccc(N4CCN(Cc5ccc6nccnc6c5)CC4)c3[nH]2)cc1. The number of H-pyrrole nitrogens is 1. The van der Waals surface area contributed by atoms with Crippen LogP contribution in [-0.2, 0) is 12.0 Å². The molecule has 0 saturated carbocycles. The summed E-state index contributed by atoms with van der Waals surface area (Å²) in [5, 5.41) is 0. The van der Waals surface area contributed by atoms with Crippen molar-refractivity contribution in [2.24, 2.45) is 0 Å². The number of aromatic amines is 1. The lowest BCUT2D eigenvalue weighted by atomic mass is 9.87. The van der Waals surface area contributed by atoms with Crippen molar-refractivity contribution in [2.45, 2.75) is 32.7 Å². The lowest BCUT2D eigenvalue weighted by Crippen LogP contribution is -2.46. The largest absolute Gasteiger partial charge is 0.367 e. The van der Waals surface area contributed by atoms with E-state index in [1.807, 2.05) is 6.20 Å². The van der Waals surface area contributed by atoms with E-state index in [1.165, 1.54) is 16.8 Å². The molecule has 0 unspecified atom stereocenters. The highest BCUT2D eigenvalue weighted by atomic mass is 15.3. The lowest BCUT2D eigenvalue weighted by Gasteiger charge is -2.36. The molecule has 1 N–H and O–H groups in total. The highest BCUT2D eigenvalue weighted by Crippen LogP contribution is 2.29. The first kappa shape index (κ1) is 22.6. The van der Waals surface area contributed by atoms with E-state index in [2.05, 4.69) is 99.0 Å². The Hall–Kier alpha value is -3.84. The maximum Gasteiger partial charge on any atom is 0.180 e. The molecule has 7 heteroatoms. The first-order valence-electron chi connectivity index (χ1n) is 12.6. The van der Waals surface area contributed by atoms with E-state index >= 15 is 0 Å². The Morgan fingerprint density at radius 3 is 2.31 bits per heavy atom. The molecule has 1 aliphatic rings. The number of piperazine rings is 1. The van der Waals surface area contributed by atoms with Crippen LogP contribution in [0.3, 0.4) is 0 Å². The summed E-state index contributed by atoms with van der Waals surface area (Å²) in [6, 6.07) is 17.2. The number of imidazole rings is 1. The summed E-state index contributed by atoms with van der Waals surface area (Å²) in [6.45, 7) is 11.5. The number of hydrogen-bond donors (Lipinski definition) is 1. The molecular formula is C29H31N7. The minimum Gasteiger partial charge on any atom is -0.367 e. The van der Waals surface area contributed by atoms with Gasteiger partial charge in [-0.2, -0.15) is 0 Å². The van der Waals surface area contributed by atoms with Gasteiger partial charge in [-0.3, -0.25) is 14.9 Å². The van der Waals surface area contributed by atoms with Crippen LogP contribution >= 0.6 is 0 Å². The summed E-state index contributed by atoms with van der Waals surface area (Å²) in [5.74, 6) is 0.864. The summed E-state index contributed by atoms with van der Waals surface area (Å²) in [5.41, 5.74) is 8.64. The van der Waals surface area contributed by atoms with Crippen molar-refractivity contribution >= 4 is 27.9 Å². The maximum absolute atomic E-state index is 4.81. The number of hydrogen-bond acceptors (Lipinski definition) is 6. The summed E-state index contributed by atoms with van der Waals surface area (Å²) in [4.78, 5) is 26.7. The van der Waals surface area contributed by atoms with E-state index in [0.717, 1.165) is 66.3 Å². The second-order valence-electron chi connectivity index (χ2n) is 10.6. The van der Waals surface area contributed by atoms with Crippen molar-refractivity contribution in [3.63, 3.8) is 0 Å².